The van der Waals surface area contributed by atoms with E-state index in [0.717, 1.165) is 18.6 Å². The Hall–Kier alpha value is -2.30. The van der Waals surface area contributed by atoms with Gasteiger partial charge in [-0.25, -0.2) is 4.79 Å². The fraction of sp³-hybridized carbons (Fsp3) is 0.412. The summed E-state index contributed by atoms with van der Waals surface area (Å²) >= 11 is 0. The Morgan fingerprint density at radius 2 is 2.14 bits per heavy atom. The van der Waals surface area contributed by atoms with Crippen LogP contribution in [0.15, 0.2) is 39.9 Å². The van der Waals surface area contributed by atoms with Crippen LogP contribution < -0.4 is 5.56 Å². The van der Waals surface area contributed by atoms with Crippen LogP contribution >= 0.6 is 0 Å². The minimum atomic E-state index is -0.763. The van der Waals surface area contributed by atoms with Crippen molar-refractivity contribution < 1.29 is 13.9 Å². The molecule has 1 aliphatic carbocycles. The summed E-state index contributed by atoms with van der Waals surface area (Å²) in [5.74, 6) is 0.342. The fourth-order valence-corrected chi connectivity index (χ4v) is 3.14. The summed E-state index contributed by atoms with van der Waals surface area (Å²) in [7, 11) is 0. The van der Waals surface area contributed by atoms with E-state index in [0.29, 0.717) is 18.4 Å². The molecule has 1 saturated carbocycles. The zero-order chi connectivity index (χ0) is 15.3. The van der Waals surface area contributed by atoms with Crippen LogP contribution in [0, 0.1) is 0 Å². The van der Waals surface area contributed by atoms with Gasteiger partial charge in [-0.15, -0.1) is 0 Å². The summed E-state index contributed by atoms with van der Waals surface area (Å²) in [6.07, 6.45) is 6.67. The van der Waals surface area contributed by atoms with Crippen LogP contribution in [0.5, 0.6) is 0 Å². The molecule has 5 nitrogen and oxygen atoms in total. The lowest BCUT2D eigenvalue weighted by atomic mass is 9.90. The van der Waals surface area contributed by atoms with Gasteiger partial charge in [0.1, 0.15) is 16.9 Å². The lowest BCUT2D eigenvalue weighted by molar-refractivity contribution is -0.00347. The molecule has 1 aliphatic heterocycles. The van der Waals surface area contributed by atoms with E-state index >= 15 is 0 Å². The highest BCUT2D eigenvalue weighted by Crippen LogP contribution is 2.40. The first-order chi connectivity index (χ1) is 10.6. The maximum absolute atomic E-state index is 12.5. The number of carbonyl (C=O) groups excluding carboxylic acids is 1. The van der Waals surface area contributed by atoms with Crippen molar-refractivity contribution in [2.75, 3.05) is 0 Å². The molecule has 0 N–H and O–H groups in total. The first-order valence-electron chi connectivity index (χ1n) is 7.60. The number of aryl methyl sites for hydroxylation is 1. The van der Waals surface area contributed by atoms with Crippen molar-refractivity contribution in [1.29, 1.82) is 0 Å². The van der Waals surface area contributed by atoms with Crippen LogP contribution in [-0.4, -0.2) is 10.5 Å². The number of esters is 1. The third-order valence-electron chi connectivity index (χ3n) is 4.58. The molecule has 2 aliphatic rings. The number of furan rings is 1. The van der Waals surface area contributed by atoms with E-state index in [1.807, 2.05) is 25.1 Å². The van der Waals surface area contributed by atoms with Gasteiger partial charge in [-0.3, -0.25) is 4.79 Å². The molecule has 0 radical (unpaired) electrons. The number of fused-ring (bicyclic) bond motifs is 1. The molecule has 0 spiro atoms. The fourth-order valence-electron chi connectivity index (χ4n) is 3.14. The number of cyclic esters (lactones) is 1. The normalized spacial score (nSPS) is 23.4. The second kappa shape index (κ2) is 4.60. The quantitative estimate of drug-likeness (QED) is 0.814. The van der Waals surface area contributed by atoms with Crippen molar-refractivity contribution in [2.45, 2.75) is 44.2 Å². The van der Waals surface area contributed by atoms with Crippen molar-refractivity contribution >= 4 is 5.97 Å². The summed E-state index contributed by atoms with van der Waals surface area (Å²) in [5, 5.41) is 0. The summed E-state index contributed by atoms with van der Waals surface area (Å²) in [6, 6.07) is 5.84. The van der Waals surface area contributed by atoms with Gasteiger partial charge in [0.2, 0.25) is 0 Å². The van der Waals surface area contributed by atoms with Crippen LogP contribution in [0.4, 0.5) is 0 Å². The minimum absolute atomic E-state index is 0.205. The molecular formula is C17H17NO4. The lowest BCUT2D eigenvalue weighted by Gasteiger charge is -2.23. The number of nitrogens with zero attached hydrogens (tertiary/aromatic N) is 1. The number of carbonyl (C=O) groups is 1. The van der Waals surface area contributed by atoms with Crippen LogP contribution in [0.3, 0.4) is 0 Å². The largest absolute Gasteiger partial charge is 0.469 e. The van der Waals surface area contributed by atoms with Gasteiger partial charge >= 0.3 is 5.97 Å². The topological polar surface area (TPSA) is 61.4 Å². The highest BCUT2D eigenvalue weighted by atomic mass is 16.6. The molecule has 0 amide bonds. The molecule has 0 aromatic carbocycles. The van der Waals surface area contributed by atoms with E-state index in [4.69, 9.17) is 9.15 Å². The molecule has 2 aromatic heterocycles. The zero-order valence-corrected chi connectivity index (χ0v) is 12.4. The predicted molar refractivity (Wildman–Crippen MR) is 78.8 cm³/mol. The van der Waals surface area contributed by atoms with Gasteiger partial charge in [-0.2, -0.15) is 0 Å². The molecule has 0 bridgehead atoms. The van der Waals surface area contributed by atoms with E-state index in [1.165, 1.54) is 0 Å². The van der Waals surface area contributed by atoms with E-state index in [9.17, 15) is 9.59 Å². The maximum atomic E-state index is 12.5. The Morgan fingerprint density at radius 3 is 2.82 bits per heavy atom. The molecule has 0 saturated heterocycles. The van der Waals surface area contributed by atoms with Gasteiger partial charge in [0.15, 0.2) is 0 Å². The summed E-state index contributed by atoms with van der Waals surface area (Å²) in [5.41, 5.74) is -0.0740. The number of hydrogen-bond acceptors (Lipinski definition) is 4. The molecule has 4 rings (SSSR count). The standard InChI is InChI=1S/C17H17NO4/c1-17(8-6-12-3-2-10-21-12)13-7-9-18(11-4-5-11)15(19)14(13)16(20)22-17/h2-3,7,9-11H,4-6,8H2,1H3. The Kier molecular flexibility index (Phi) is 2.79. The van der Waals surface area contributed by atoms with Crippen molar-refractivity contribution in [3.8, 4) is 0 Å². The zero-order valence-electron chi connectivity index (χ0n) is 12.4. The van der Waals surface area contributed by atoms with Crippen molar-refractivity contribution in [1.82, 2.24) is 4.57 Å². The second-order valence-electron chi connectivity index (χ2n) is 6.25. The van der Waals surface area contributed by atoms with E-state index in [-0.39, 0.29) is 17.2 Å². The van der Waals surface area contributed by atoms with Gasteiger partial charge in [0.25, 0.3) is 5.56 Å². The number of pyridine rings is 1. The highest BCUT2D eigenvalue weighted by Gasteiger charge is 2.44. The number of rotatable bonds is 4. The lowest BCUT2D eigenvalue weighted by Crippen LogP contribution is -2.26. The Morgan fingerprint density at radius 1 is 1.32 bits per heavy atom. The van der Waals surface area contributed by atoms with Gasteiger partial charge in [0.05, 0.1) is 6.26 Å². The summed E-state index contributed by atoms with van der Waals surface area (Å²) < 4.78 is 12.6. The van der Waals surface area contributed by atoms with Gasteiger partial charge < -0.3 is 13.7 Å². The minimum Gasteiger partial charge on any atom is -0.469 e. The third kappa shape index (κ3) is 2.00. The van der Waals surface area contributed by atoms with Crippen LogP contribution in [0.1, 0.15) is 53.9 Å². The van der Waals surface area contributed by atoms with Crippen molar-refractivity contribution in [3.05, 3.63) is 57.9 Å². The second-order valence-corrected chi connectivity index (χ2v) is 6.25. The Bertz CT molecular complexity index is 785. The van der Waals surface area contributed by atoms with Crippen molar-refractivity contribution in [3.63, 3.8) is 0 Å². The molecule has 1 atom stereocenters. The molecule has 3 heterocycles. The first-order valence-corrected chi connectivity index (χ1v) is 7.60. The smallest absolute Gasteiger partial charge is 0.345 e. The monoisotopic (exact) mass is 299 g/mol. The third-order valence-corrected chi connectivity index (χ3v) is 4.58. The van der Waals surface area contributed by atoms with E-state index in [2.05, 4.69) is 0 Å². The Labute approximate surface area is 127 Å². The average molecular weight is 299 g/mol. The Balaban J connectivity index is 1.69. The average Bonchev–Trinajstić information content (AvgIpc) is 3.12. The maximum Gasteiger partial charge on any atom is 0.345 e. The SMILES string of the molecule is CC1(CCc2ccco2)OC(=O)c2c1ccn(C1CC1)c2=O. The molecule has 1 unspecified atom stereocenters. The molecule has 2 aromatic rings. The summed E-state index contributed by atoms with van der Waals surface area (Å²) in [6.45, 7) is 1.86. The highest BCUT2D eigenvalue weighted by molar-refractivity contribution is 5.94. The molecule has 1 fully saturated rings. The first kappa shape index (κ1) is 13.4. The van der Waals surface area contributed by atoms with E-state index < -0.39 is 11.6 Å². The number of hydrogen-bond donors (Lipinski definition) is 0. The van der Waals surface area contributed by atoms with Crippen LogP contribution in [-0.2, 0) is 16.8 Å². The van der Waals surface area contributed by atoms with Crippen LogP contribution in [0.2, 0.25) is 0 Å². The van der Waals surface area contributed by atoms with Gasteiger partial charge in [-0.05, 0) is 44.4 Å². The molecular weight excluding hydrogens is 282 g/mol. The van der Waals surface area contributed by atoms with Crippen molar-refractivity contribution in [2.24, 2.45) is 0 Å². The van der Waals surface area contributed by atoms with Crippen LogP contribution in [0.25, 0.3) is 0 Å². The number of ether oxygens (including phenoxy) is 1. The van der Waals surface area contributed by atoms with Gasteiger partial charge in [0, 0.05) is 24.2 Å². The van der Waals surface area contributed by atoms with Gasteiger partial charge in [-0.1, -0.05) is 0 Å². The molecule has 5 heteroatoms. The van der Waals surface area contributed by atoms with E-state index in [1.54, 1.807) is 17.0 Å². The molecule has 22 heavy (non-hydrogen) atoms. The number of aromatic nitrogens is 1. The predicted octanol–water partition coefficient (Wildman–Crippen LogP) is 2.79. The molecule has 114 valence electrons. The summed E-state index contributed by atoms with van der Waals surface area (Å²) in [4.78, 5) is 24.7.